The third-order valence-electron chi connectivity index (χ3n) is 6.52. The first-order valence-corrected chi connectivity index (χ1v) is 19.1. The second-order valence-electron chi connectivity index (χ2n) is 10.0. The molecular weight excluding hydrogens is 746 g/mol. The molecule has 11 atom stereocenters. The summed E-state index contributed by atoms with van der Waals surface area (Å²) in [5.41, 5.74) is 4.55. The lowest BCUT2D eigenvalue weighted by Gasteiger charge is -2.32. The number of carbonyl (C=O) groups excluding carboxylic acids is 2. The van der Waals surface area contributed by atoms with Crippen molar-refractivity contribution in [1.82, 2.24) is 19.8 Å². The van der Waals surface area contributed by atoms with Gasteiger partial charge in [-0.05, 0) is 6.07 Å². The Labute approximate surface area is 267 Å². The lowest BCUT2D eigenvalue weighted by molar-refractivity contribution is -0.125. The van der Waals surface area contributed by atoms with E-state index in [1.54, 1.807) is 0 Å². The smallest absolute Gasteiger partial charge is 0.390 e. The van der Waals surface area contributed by atoms with Crippen LogP contribution in [-0.4, -0.2) is 118 Å². The van der Waals surface area contributed by atoms with E-state index in [2.05, 4.69) is 27.0 Å². The van der Waals surface area contributed by atoms with Gasteiger partial charge in [0.25, 0.3) is 0 Å². The molecule has 4 rings (SSSR count). The molecule has 272 valence electrons. The number of aromatic nitrogens is 2. The number of nitrogen functional groups attached to an aromatic ring is 1. The number of amides is 3. The van der Waals surface area contributed by atoms with Crippen LogP contribution in [-0.2, 0) is 54.5 Å². The second kappa shape index (κ2) is 14.7. The molecule has 3 saturated heterocycles. The van der Waals surface area contributed by atoms with E-state index < -0.39 is 105 Å². The van der Waals surface area contributed by atoms with Gasteiger partial charge in [0.1, 0.15) is 36.5 Å². The summed E-state index contributed by atoms with van der Waals surface area (Å²) in [6.07, 6.45) is -10.1. The lowest BCUT2D eigenvalue weighted by Crippen LogP contribution is -2.56. The summed E-state index contributed by atoms with van der Waals surface area (Å²) in [6, 6.07) is 0.273. The molecule has 4 unspecified atom stereocenters. The van der Waals surface area contributed by atoms with Gasteiger partial charge in [-0.3, -0.25) is 28.6 Å². The van der Waals surface area contributed by atoms with Crippen LogP contribution in [0.2, 0.25) is 0 Å². The maximum atomic E-state index is 12.2. The highest BCUT2D eigenvalue weighted by molar-refractivity contribution is 7.69. The van der Waals surface area contributed by atoms with E-state index in [4.69, 9.17) is 15.2 Å². The molecular formula is C18H29N5O21P4. The zero-order chi connectivity index (χ0) is 35.8. The van der Waals surface area contributed by atoms with Crippen molar-refractivity contribution in [2.24, 2.45) is 0 Å². The third-order valence-corrected chi connectivity index (χ3v) is 12.4. The van der Waals surface area contributed by atoms with Crippen LogP contribution in [0.3, 0.4) is 0 Å². The molecule has 30 heteroatoms. The number of aliphatic hydroxyl groups is 3. The van der Waals surface area contributed by atoms with Gasteiger partial charge in [0.15, 0.2) is 6.23 Å². The molecule has 0 spiro atoms. The summed E-state index contributed by atoms with van der Waals surface area (Å²) >= 11 is 0. The minimum atomic E-state index is -6.18. The van der Waals surface area contributed by atoms with Crippen molar-refractivity contribution in [2.75, 3.05) is 25.5 Å². The number of phosphoric acid groups is 4. The minimum absolute atomic E-state index is 0.102. The Hall–Kier alpha value is -2.02. The summed E-state index contributed by atoms with van der Waals surface area (Å²) < 4.78 is 80.7. The van der Waals surface area contributed by atoms with Gasteiger partial charge < -0.3 is 50.1 Å². The molecule has 1 aromatic heterocycles. The van der Waals surface area contributed by atoms with E-state index in [0.717, 1.165) is 9.47 Å². The molecule has 10 N–H and O–H groups in total. The second-order valence-corrected chi connectivity index (χ2v) is 16.3. The fourth-order valence-corrected chi connectivity index (χ4v) is 9.38. The van der Waals surface area contributed by atoms with Crippen molar-refractivity contribution in [3.05, 3.63) is 22.7 Å². The normalized spacial score (nSPS) is 33.0. The Bertz CT molecular complexity index is 1640. The highest BCUT2D eigenvalue weighted by Gasteiger charge is 2.50. The standard InChI is InChI=1S/C18H29N5O21P4/c19-11-1-3-22(17(28)20-11)13-5-8(24)9(40-13)6-38-45(30,31)42-47(34,35)44-48(36,37)43-46(32,33)39-7-10-14(26)15(27)16(41-10)23-4-2-12(25)21-18(23)29/h1,3,8-10,13-16,24,26-27H,2,4-7H2,(H,30,31)(H,32,33)(H,34,35)(H,36,37)(H2,19,20,28)(H,21,25,29)/t8-,9+,10+,13+,14+,15+,16+/m0/s1. The molecule has 0 radical (unpaired) electrons. The number of anilines is 1. The lowest BCUT2D eigenvalue weighted by atomic mass is 10.1. The molecule has 26 nitrogen and oxygen atoms in total. The number of ether oxygens (including phenoxy) is 2. The van der Waals surface area contributed by atoms with Crippen LogP contribution in [0.25, 0.3) is 0 Å². The number of imide groups is 1. The van der Waals surface area contributed by atoms with Crippen LogP contribution in [0.1, 0.15) is 19.1 Å². The number of hydrogen-bond acceptors (Lipinski definition) is 19. The fourth-order valence-electron chi connectivity index (χ4n) is 4.43. The number of phosphoric ester groups is 2. The van der Waals surface area contributed by atoms with Gasteiger partial charge in [-0.15, -0.1) is 0 Å². The molecule has 0 aliphatic carbocycles. The van der Waals surface area contributed by atoms with E-state index in [9.17, 15) is 67.5 Å². The van der Waals surface area contributed by atoms with Gasteiger partial charge in [0, 0.05) is 25.6 Å². The highest BCUT2D eigenvalue weighted by atomic mass is 31.3. The van der Waals surface area contributed by atoms with Crippen LogP contribution in [0, 0.1) is 0 Å². The first kappa shape index (κ1) is 38.8. The predicted octanol–water partition coefficient (Wildman–Crippen LogP) is -2.65. The van der Waals surface area contributed by atoms with E-state index in [1.165, 1.54) is 12.3 Å². The first-order valence-electron chi connectivity index (χ1n) is 13.1. The Balaban J connectivity index is 1.27. The van der Waals surface area contributed by atoms with Crippen molar-refractivity contribution in [3.8, 4) is 0 Å². The fraction of sp³-hybridized carbons (Fsp3) is 0.667. The molecule has 3 aliphatic heterocycles. The predicted molar refractivity (Wildman–Crippen MR) is 147 cm³/mol. The van der Waals surface area contributed by atoms with E-state index >= 15 is 0 Å². The Kier molecular flexibility index (Phi) is 11.9. The minimum Gasteiger partial charge on any atom is -0.390 e. The van der Waals surface area contributed by atoms with Crippen molar-refractivity contribution in [1.29, 1.82) is 0 Å². The van der Waals surface area contributed by atoms with Gasteiger partial charge in [-0.2, -0.15) is 17.9 Å². The number of hydrogen-bond donors (Lipinski definition) is 9. The summed E-state index contributed by atoms with van der Waals surface area (Å²) in [5, 5.41) is 32.5. The van der Waals surface area contributed by atoms with Crippen molar-refractivity contribution < 1.29 is 94.2 Å². The highest BCUT2D eigenvalue weighted by Crippen LogP contribution is 2.71. The summed E-state index contributed by atoms with van der Waals surface area (Å²) in [6.45, 7) is -2.40. The molecule has 0 aromatic carbocycles. The Morgan fingerprint density at radius 1 is 0.875 bits per heavy atom. The number of rotatable bonds is 14. The molecule has 1 aromatic rings. The summed E-state index contributed by atoms with van der Waals surface area (Å²) in [7, 11) is -23.8. The van der Waals surface area contributed by atoms with Crippen LogP contribution in [0.5, 0.6) is 0 Å². The zero-order valence-electron chi connectivity index (χ0n) is 23.8. The Morgan fingerprint density at radius 3 is 2.00 bits per heavy atom. The van der Waals surface area contributed by atoms with Gasteiger partial charge in [0.2, 0.25) is 5.91 Å². The van der Waals surface area contributed by atoms with E-state index in [-0.39, 0.29) is 25.2 Å². The first-order chi connectivity index (χ1) is 22.1. The van der Waals surface area contributed by atoms with Gasteiger partial charge in [-0.25, -0.2) is 27.8 Å². The van der Waals surface area contributed by atoms with Crippen LogP contribution in [0.15, 0.2) is 17.1 Å². The maximum absolute atomic E-state index is 12.2. The van der Waals surface area contributed by atoms with Crippen molar-refractivity contribution in [2.45, 2.75) is 55.8 Å². The third kappa shape index (κ3) is 10.0. The molecule has 4 heterocycles. The topological polar surface area (TPSA) is 385 Å². The van der Waals surface area contributed by atoms with Gasteiger partial charge >= 0.3 is 43.0 Å². The van der Waals surface area contributed by atoms with E-state index in [1.807, 2.05) is 5.32 Å². The Morgan fingerprint density at radius 2 is 1.44 bits per heavy atom. The summed E-state index contributed by atoms with van der Waals surface area (Å²) in [4.78, 5) is 78.7. The van der Waals surface area contributed by atoms with Crippen LogP contribution in [0.4, 0.5) is 10.6 Å². The molecule has 48 heavy (non-hydrogen) atoms. The van der Waals surface area contributed by atoms with Gasteiger partial charge in [-0.1, -0.05) is 0 Å². The van der Waals surface area contributed by atoms with Gasteiger partial charge in [0.05, 0.1) is 19.3 Å². The maximum Gasteiger partial charge on any atom is 0.490 e. The summed E-state index contributed by atoms with van der Waals surface area (Å²) in [5.74, 6) is -0.721. The van der Waals surface area contributed by atoms with Crippen LogP contribution >= 0.6 is 31.3 Å². The number of aliphatic hydroxyl groups excluding tert-OH is 3. The van der Waals surface area contributed by atoms with Crippen molar-refractivity contribution in [3.63, 3.8) is 0 Å². The molecule has 3 fully saturated rings. The molecule has 3 amide bonds. The average Bonchev–Trinajstić information content (AvgIpc) is 3.42. The number of carbonyl (C=O) groups is 2. The zero-order valence-corrected chi connectivity index (χ0v) is 27.4. The largest absolute Gasteiger partial charge is 0.490 e. The molecule has 0 bridgehead atoms. The number of nitrogens with zero attached hydrogens (tertiary/aromatic N) is 3. The van der Waals surface area contributed by atoms with Crippen LogP contribution < -0.4 is 16.7 Å². The van der Waals surface area contributed by atoms with E-state index in [0.29, 0.717) is 0 Å². The molecule has 3 aliphatic rings. The average molecular weight is 775 g/mol. The van der Waals surface area contributed by atoms with Crippen molar-refractivity contribution >= 4 is 49.0 Å². The quantitative estimate of drug-likeness (QED) is 0.0871. The monoisotopic (exact) mass is 775 g/mol. The molecule has 0 saturated carbocycles. The number of nitrogens with two attached hydrogens (primary N) is 1. The number of nitrogens with one attached hydrogen (secondary N) is 1. The SMILES string of the molecule is Nc1ccn([C@H]2C[C@H](O)[C@@H](COP(=O)(O)OP(=O)(O)OP(=O)(O)OP(=O)(O)OC[C@H]3O[C@@H](N4CCC(=O)NC4=O)[C@H](O)[C@@H]3O)O2)c(=O)n1. The number of urea groups is 1.